The van der Waals surface area contributed by atoms with Gasteiger partial charge in [0.2, 0.25) is 11.8 Å². The monoisotopic (exact) mass is 447 g/mol. The molecule has 2 heterocycles. The SMILES string of the molecule is CC(=O)Nc1ccc(C2OC(=O)N(Cc3ccc(C)cc3)C2C(=O)NCc2ccco2)cc1. The van der Waals surface area contributed by atoms with Gasteiger partial charge in [0.15, 0.2) is 12.1 Å². The summed E-state index contributed by atoms with van der Waals surface area (Å²) in [5.41, 5.74) is 3.27. The Bertz CT molecular complexity index is 1120. The Kier molecular flexibility index (Phi) is 6.44. The van der Waals surface area contributed by atoms with Crippen molar-refractivity contribution in [1.29, 1.82) is 0 Å². The molecule has 3 aromatic rings. The zero-order valence-corrected chi connectivity index (χ0v) is 18.4. The molecule has 170 valence electrons. The van der Waals surface area contributed by atoms with Crippen LogP contribution in [0.4, 0.5) is 10.5 Å². The second-order valence-corrected chi connectivity index (χ2v) is 7.96. The number of rotatable bonds is 7. The number of cyclic esters (lactones) is 1. The van der Waals surface area contributed by atoms with Crippen molar-refractivity contribution in [2.45, 2.75) is 39.1 Å². The lowest BCUT2D eigenvalue weighted by Gasteiger charge is -2.24. The third kappa shape index (κ3) is 5.23. The van der Waals surface area contributed by atoms with Gasteiger partial charge in [-0.25, -0.2) is 4.79 Å². The summed E-state index contributed by atoms with van der Waals surface area (Å²) in [6, 6.07) is 17.3. The molecule has 2 N–H and O–H groups in total. The third-order valence-corrected chi connectivity index (χ3v) is 5.40. The van der Waals surface area contributed by atoms with Crippen LogP contribution in [0.15, 0.2) is 71.3 Å². The standard InChI is InChI=1S/C25H25N3O5/c1-16-5-7-18(8-6-16)15-28-22(24(30)26-14-21-4-3-13-32-21)23(33-25(28)31)19-9-11-20(12-10-19)27-17(2)29/h3-13,22-23H,14-15H2,1-2H3,(H,26,30)(H,27,29). The smallest absolute Gasteiger partial charge is 0.411 e. The highest BCUT2D eigenvalue weighted by molar-refractivity contribution is 5.90. The van der Waals surface area contributed by atoms with E-state index < -0.39 is 18.2 Å². The van der Waals surface area contributed by atoms with Crippen LogP contribution in [0, 0.1) is 6.92 Å². The minimum Gasteiger partial charge on any atom is -0.467 e. The van der Waals surface area contributed by atoms with Crippen molar-refractivity contribution in [3.05, 3.63) is 89.4 Å². The maximum Gasteiger partial charge on any atom is 0.411 e. The molecule has 4 rings (SSSR count). The van der Waals surface area contributed by atoms with Crippen LogP contribution in [0.2, 0.25) is 0 Å². The first-order valence-electron chi connectivity index (χ1n) is 10.6. The Morgan fingerprint density at radius 3 is 2.39 bits per heavy atom. The van der Waals surface area contributed by atoms with Gasteiger partial charge in [0.1, 0.15) is 5.76 Å². The molecule has 2 aromatic carbocycles. The lowest BCUT2D eigenvalue weighted by Crippen LogP contribution is -2.46. The molecular weight excluding hydrogens is 422 g/mol. The molecule has 1 saturated heterocycles. The molecule has 3 amide bonds. The van der Waals surface area contributed by atoms with Gasteiger partial charge < -0.3 is 19.8 Å². The summed E-state index contributed by atoms with van der Waals surface area (Å²) in [7, 11) is 0. The number of furan rings is 1. The summed E-state index contributed by atoms with van der Waals surface area (Å²) < 4.78 is 11.0. The lowest BCUT2D eigenvalue weighted by molar-refractivity contribution is -0.126. The van der Waals surface area contributed by atoms with E-state index in [1.807, 2.05) is 31.2 Å². The quantitative estimate of drug-likeness (QED) is 0.572. The molecule has 8 nitrogen and oxygen atoms in total. The van der Waals surface area contributed by atoms with Gasteiger partial charge in [0.05, 0.1) is 19.4 Å². The van der Waals surface area contributed by atoms with Gasteiger partial charge in [-0.05, 0) is 42.3 Å². The summed E-state index contributed by atoms with van der Waals surface area (Å²) >= 11 is 0. The van der Waals surface area contributed by atoms with E-state index in [-0.39, 0.29) is 24.9 Å². The van der Waals surface area contributed by atoms with E-state index in [0.29, 0.717) is 17.0 Å². The van der Waals surface area contributed by atoms with Crippen LogP contribution in [0.5, 0.6) is 0 Å². The third-order valence-electron chi connectivity index (χ3n) is 5.40. The van der Waals surface area contributed by atoms with Crippen LogP contribution in [-0.2, 0) is 27.4 Å². The maximum absolute atomic E-state index is 13.3. The Morgan fingerprint density at radius 1 is 1.03 bits per heavy atom. The van der Waals surface area contributed by atoms with Gasteiger partial charge in [-0.3, -0.25) is 14.5 Å². The average molecular weight is 447 g/mol. The number of aryl methyl sites for hydroxylation is 1. The number of benzene rings is 2. The molecular formula is C25H25N3O5. The number of anilines is 1. The van der Waals surface area contributed by atoms with Gasteiger partial charge in [0.25, 0.3) is 0 Å². The van der Waals surface area contributed by atoms with E-state index in [4.69, 9.17) is 9.15 Å². The van der Waals surface area contributed by atoms with Crippen LogP contribution in [0.25, 0.3) is 0 Å². The van der Waals surface area contributed by atoms with Crippen molar-refractivity contribution >= 4 is 23.6 Å². The summed E-state index contributed by atoms with van der Waals surface area (Å²) in [6.45, 7) is 3.84. The fourth-order valence-corrected chi connectivity index (χ4v) is 3.75. The van der Waals surface area contributed by atoms with Crippen LogP contribution in [0.3, 0.4) is 0 Å². The molecule has 0 aliphatic carbocycles. The first-order chi connectivity index (χ1) is 15.9. The van der Waals surface area contributed by atoms with Crippen LogP contribution >= 0.6 is 0 Å². The summed E-state index contributed by atoms with van der Waals surface area (Å²) in [5.74, 6) is 0.0738. The average Bonchev–Trinajstić information content (AvgIpc) is 3.42. The molecule has 2 unspecified atom stereocenters. The topological polar surface area (TPSA) is 101 Å². The van der Waals surface area contributed by atoms with E-state index in [1.165, 1.54) is 18.1 Å². The Morgan fingerprint density at radius 2 is 1.76 bits per heavy atom. The van der Waals surface area contributed by atoms with E-state index in [9.17, 15) is 14.4 Å². The van der Waals surface area contributed by atoms with E-state index in [2.05, 4.69) is 10.6 Å². The Labute approximate surface area is 191 Å². The molecule has 0 bridgehead atoms. The van der Waals surface area contributed by atoms with Crippen molar-refractivity contribution < 1.29 is 23.5 Å². The van der Waals surface area contributed by atoms with Crippen LogP contribution in [0.1, 0.15) is 35.5 Å². The van der Waals surface area contributed by atoms with Crippen molar-refractivity contribution in [2.75, 3.05) is 5.32 Å². The van der Waals surface area contributed by atoms with Crippen molar-refractivity contribution in [3.63, 3.8) is 0 Å². The zero-order chi connectivity index (χ0) is 23.4. The molecule has 0 spiro atoms. The first kappa shape index (κ1) is 22.1. The first-order valence-corrected chi connectivity index (χ1v) is 10.6. The minimum atomic E-state index is -0.875. The molecule has 33 heavy (non-hydrogen) atoms. The number of amides is 3. The van der Waals surface area contributed by atoms with Crippen molar-refractivity contribution in [2.24, 2.45) is 0 Å². The predicted molar refractivity (Wildman–Crippen MR) is 121 cm³/mol. The number of ether oxygens (including phenoxy) is 1. The maximum atomic E-state index is 13.3. The van der Waals surface area contributed by atoms with Crippen molar-refractivity contribution in [3.8, 4) is 0 Å². The molecule has 1 aliphatic rings. The van der Waals surface area contributed by atoms with Crippen LogP contribution in [-0.4, -0.2) is 28.8 Å². The van der Waals surface area contributed by atoms with Crippen LogP contribution < -0.4 is 10.6 Å². The summed E-state index contributed by atoms with van der Waals surface area (Å²) in [5, 5.41) is 5.55. The van der Waals surface area contributed by atoms with Gasteiger partial charge in [-0.15, -0.1) is 0 Å². The summed E-state index contributed by atoms with van der Waals surface area (Å²) in [4.78, 5) is 38.8. The number of nitrogens with zero attached hydrogens (tertiary/aromatic N) is 1. The predicted octanol–water partition coefficient (Wildman–Crippen LogP) is 3.92. The minimum absolute atomic E-state index is 0.186. The lowest BCUT2D eigenvalue weighted by atomic mass is 10.00. The highest BCUT2D eigenvalue weighted by Crippen LogP contribution is 2.34. The number of carbonyl (C=O) groups is 3. The van der Waals surface area contributed by atoms with E-state index in [1.54, 1.807) is 36.4 Å². The zero-order valence-electron chi connectivity index (χ0n) is 18.4. The van der Waals surface area contributed by atoms with Crippen molar-refractivity contribution in [1.82, 2.24) is 10.2 Å². The largest absolute Gasteiger partial charge is 0.467 e. The normalized spacial score (nSPS) is 17.5. The van der Waals surface area contributed by atoms with Gasteiger partial charge in [0, 0.05) is 12.6 Å². The molecule has 8 heteroatoms. The van der Waals surface area contributed by atoms with Gasteiger partial charge >= 0.3 is 6.09 Å². The fraction of sp³-hybridized carbons (Fsp3) is 0.240. The molecule has 0 saturated carbocycles. The number of hydrogen-bond acceptors (Lipinski definition) is 5. The fourth-order valence-electron chi connectivity index (χ4n) is 3.75. The highest BCUT2D eigenvalue weighted by atomic mass is 16.6. The Balaban J connectivity index is 1.59. The van der Waals surface area contributed by atoms with Gasteiger partial charge in [-0.2, -0.15) is 0 Å². The van der Waals surface area contributed by atoms with E-state index in [0.717, 1.165) is 11.1 Å². The Hall–Kier alpha value is -4.07. The van der Waals surface area contributed by atoms with Gasteiger partial charge in [-0.1, -0.05) is 42.0 Å². The van der Waals surface area contributed by atoms with E-state index >= 15 is 0 Å². The second-order valence-electron chi connectivity index (χ2n) is 7.96. The molecule has 1 fully saturated rings. The molecule has 2 atom stereocenters. The number of carbonyl (C=O) groups excluding carboxylic acids is 3. The molecule has 1 aromatic heterocycles. The number of nitrogens with one attached hydrogen (secondary N) is 2. The molecule has 1 aliphatic heterocycles. The highest BCUT2D eigenvalue weighted by Gasteiger charge is 2.46. The summed E-state index contributed by atoms with van der Waals surface area (Å²) in [6.07, 6.45) is 0.169. The second kappa shape index (κ2) is 9.60. The number of hydrogen-bond donors (Lipinski definition) is 2. The molecule has 0 radical (unpaired) electrons.